The van der Waals surface area contributed by atoms with Gasteiger partial charge in [-0.2, -0.15) is 0 Å². The highest BCUT2D eigenvalue weighted by molar-refractivity contribution is 5.85. The van der Waals surface area contributed by atoms with E-state index in [1.54, 1.807) is 24.3 Å². The molecule has 0 unspecified atom stereocenters. The molecule has 0 atom stereocenters. The van der Waals surface area contributed by atoms with Crippen LogP contribution in [0.1, 0.15) is 11.1 Å². The van der Waals surface area contributed by atoms with Crippen LogP contribution in [0.15, 0.2) is 54.7 Å². The number of anilines is 1. The number of nitrogens with one attached hydrogen (secondary N) is 1. The largest absolute Gasteiger partial charge is 0.444 e. The molecule has 2 rings (SSSR count). The number of nitro groups is 1. The van der Waals surface area contributed by atoms with Crippen molar-refractivity contribution in [2.75, 3.05) is 5.32 Å². The van der Waals surface area contributed by atoms with Gasteiger partial charge in [-0.1, -0.05) is 42.5 Å². The van der Waals surface area contributed by atoms with Gasteiger partial charge in [-0.05, 0) is 11.6 Å². The van der Waals surface area contributed by atoms with Crippen LogP contribution < -0.4 is 5.32 Å². The molecule has 0 spiro atoms. The molecular formula is C16H13FN2O4. The zero-order chi connectivity index (χ0) is 16.7. The third kappa shape index (κ3) is 4.92. The van der Waals surface area contributed by atoms with E-state index in [1.807, 2.05) is 6.07 Å². The fraction of sp³-hybridized carbons (Fsp3) is 0.0625. The summed E-state index contributed by atoms with van der Waals surface area (Å²) in [5.41, 5.74) is 0.668. The molecule has 0 aliphatic rings. The monoisotopic (exact) mass is 316 g/mol. The molecule has 2 aromatic rings. The number of carbonyl (C=O) groups is 1. The summed E-state index contributed by atoms with van der Waals surface area (Å²) >= 11 is 0. The third-order valence-electron chi connectivity index (χ3n) is 2.85. The summed E-state index contributed by atoms with van der Waals surface area (Å²) < 4.78 is 19.1. The van der Waals surface area contributed by atoms with E-state index >= 15 is 0 Å². The van der Waals surface area contributed by atoms with Crippen molar-refractivity contribution in [3.63, 3.8) is 0 Å². The highest BCUT2D eigenvalue weighted by Gasteiger charge is 2.11. The smallest absolute Gasteiger partial charge is 0.412 e. The standard InChI is InChI=1S/C16H13FN2O4/c17-15-13(9-10-19(21)22)7-4-8-14(15)18-16(20)23-11-12-5-2-1-3-6-12/h1-10H,11H2,(H,18,20). The maximum Gasteiger partial charge on any atom is 0.412 e. The molecule has 0 aliphatic carbocycles. The van der Waals surface area contributed by atoms with Crippen molar-refractivity contribution in [2.24, 2.45) is 0 Å². The molecule has 118 valence electrons. The molecular weight excluding hydrogens is 303 g/mol. The fourth-order valence-electron chi connectivity index (χ4n) is 1.79. The van der Waals surface area contributed by atoms with Gasteiger partial charge in [0.05, 0.1) is 10.6 Å². The zero-order valence-electron chi connectivity index (χ0n) is 11.9. The van der Waals surface area contributed by atoms with Gasteiger partial charge in [0.2, 0.25) is 6.20 Å². The van der Waals surface area contributed by atoms with E-state index in [0.29, 0.717) is 6.20 Å². The van der Waals surface area contributed by atoms with Gasteiger partial charge in [0.15, 0.2) is 5.82 Å². The lowest BCUT2D eigenvalue weighted by atomic mass is 10.2. The number of rotatable bonds is 5. The van der Waals surface area contributed by atoms with Gasteiger partial charge in [-0.25, -0.2) is 9.18 Å². The van der Waals surface area contributed by atoms with Crippen LogP contribution >= 0.6 is 0 Å². The van der Waals surface area contributed by atoms with Gasteiger partial charge in [0, 0.05) is 11.6 Å². The molecule has 0 aliphatic heterocycles. The van der Waals surface area contributed by atoms with Crippen LogP contribution in [0.3, 0.4) is 0 Å². The number of hydrogen-bond acceptors (Lipinski definition) is 4. The second-order valence-electron chi connectivity index (χ2n) is 4.50. The van der Waals surface area contributed by atoms with Gasteiger partial charge >= 0.3 is 6.09 Å². The van der Waals surface area contributed by atoms with E-state index in [9.17, 15) is 19.3 Å². The normalized spacial score (nSPS) is 10.5. The lowest BCUT2D eigenvalue weighted by molar-refractivity contribution is -0.400. The first kappa shape index (κ1) is 16.2. The first-order valence-electron chi connectivity index (χ1n) is 6.64. The molecule has 0 heterocycles. The Morgan fingerprint density at radius 3 is 2.65 bits per heavy atom. The molecule has 1 amide bonds. The van der Waals surface area contributed by atoms with Crippen LogP contribution in [-0.4, -0.2) is 11.0 Å². The van der Waals surface area contributed by atoms with Crippen molar-refractivity contribution in [3.8, 4) is 0 Å². The first-order chi connectivity index (χ1) is 11.1. The Balaban J connectivity index is 2.00. The minimum absolute atomic E-state index is 0.0115. The van der Waals surface area contributed by atoms with Crippen LogP contribution in [0.4, 0.5) is 14.9 Å². The topological polar surface area (TPSA) is 81.5 Å². The molecule has 0 fully saturated rings. The quantitative estimate of drug-likeness (QED) is 0.671. The summed E-state index contributed by atoms with van der Waals surface area (Å²) in [6.07, 6.45) is 0.814. The number of benzene rings is 2. The molecule has 0 saturated carbocycles. The van der Waals surface area contributed by atoms with Gasteiger partial charge in [-0.3, -0.25) is 15.4 Å². The second kappa shape index (κ2) is 7.69. The Morgan fingerprint density at radius 1 is 1.22 bits per heavy atom. The Morgan fingerprint density at radius 2 is 1.96 bits per heavy atom. The maximum absolute atomic E-state index is 14.1. The molecule has 1 N–H and O–H groups in total. The average molecular weight is 316 g/mol. The van der Waals surface area contributed by atoms with Gasteiger partial charge in [0.1, 0.15) is 6.61 Å². The minimum Gasteiger partial charge on any atom is -0.444 e. The van der Waals surface area contributed by atoms with Crippen molar-refractivity contribution in [1.82, 2.24) is 0 Å². The van der Waals surface area contributed by atoms with E-state index in [2.05, 4.69) is 5.32 Å². The van der Waals surface area contributed by atoms with Gasteiger partial charge in [0.25, 0.3) is 0 Å². The van der Waals surface area contributed by atoms with Crippen molar-refractivity contribution in [2.45, 2.75) is 6.61 Å². The molecule has 0 radical (unpaired) electrons. The van der Waals surface area contributed by atoms with Crippen LogP contribution in [-0.2, 0) is 11.3 Å². The fourth-order valence-corrected chi connectivity index (χ4v) is 1.79. The molecule has 6 nitrogen and oxygen atoms in total. The third-order valence-corrected chi connectivity index (χ3v) is 2.85. The molecule has 7 heteroatoms. The number of carbonyl (C=O) groups excluding carboxylic acids is 1. The lowest BCUT2D eigenvalue weighted by Crippen LogP contribution is -2.14. The molecule has 0 saturated heterocycles. The number of nitrogens with zero attached hydrogens (tertiary/aromatic N) is 1. The van der Waals surface area contributed by atoms with E-state index in [0.717, 1.165) is 11.6 Å². The SMILES string of the molecule is O=C(Nc1cccc(C=C[N+](=O)[O-])c1F)OCc1ccccc1. The first-order valence-corrected chi connectivity index (χ1v) is 6.64. The molecule has 0 bridgehead atoms. The summed E-state index contributed by atoms with van der Waals surface area (Å²) in [5.74, 6) is -0.776. The summed E-state index contributed by atoms with van der Waals surface area (Å²) in [7, 11) is 0. The summed E-state index contributed by atoms with van der Waals surface area (Å²) in [4.78, 5) is 21.3. The lowest BCUT2D eigenvalue weighted by Gasteiger charge is -2.09. The Hall–Kier alpha value is -3.22. The van der Waals surface area contributed by atoms with Crippen molar-refractivity contribution < 1.29 is 18.8 Å². The highest BCUT2D eigenvalue weighted by atomic mass is 19.1. The summed E-state index contributed by atoms with van der Waals surface area (Å²) in [5, 5.41) is 12.5. The molecule has 0 aromatic heterocycles. The average Bonchev–Trinajstić information content (AvgIpc) is 2.54. The number of halogens is 1. The van der Waals surface area contributed by atoms with E-state index < -0.39 is 16.8 Å². The van der Waals surface area contributed by atoms with Crippen molar-refractivity contribution >= 4 is 17.9 Å². The Kier molecular flexibility index (Phi) is 5.40. The van der Waals surface area contributed by atoms with Crippen molar-refractivity contribution in [3.05, 3.63) is 81.8 Å². The maximum atomic E-state index is 14.1. The van der Waals surface area contributed by atoms with E-state index in [1.165, 1.54) is 18.2 Å². The second-order valence-corrected chi connectivity index (χ2v) is 4.50. The Bertz CT molecular complexity index is 732. The summed E-state index contributed by atoms with van der Waals surface area (Å²) in [6.45, 7) is 0.0508. The summed E-state index contributed by atoms with van der Waals surface area (Å²) in [6, 6.07) is 13.2. The number of hydrogen-bond donors (Lipinski definition) is 1. The van der Waals surface area contributed by atoms with Gasteiger partial charge < -0.3 is 4.74 Å². The van der Waals surface area contributed by atoms with Crippen LogP contribution in [0.2, 0.25) is 0 Å². The predicted octanol–water partition coefficient (Wildman–Crippen LogP) is 3.82. The van der Waals surface area contributed by atoms with Crippen LogP contribution in [0.25, 0.3) is 6.08 Å². The van der Waals surface area contributed by atoms with Gasteiger partial charge in [-0.15, -0.1) is 0 Å². The number of ether oxygens (including phenoxy) is 1. The van der Waals surface area contributed by atoms with E-state index in [-0.39, 0.29) is 17.9 Å². The Labute approximate surface area is 131 Å². The molecule has 23 heavy (non-hydrogen) atoms. The predicted molar refractivity (Wildman–Crippen MR) is 82.7 cm³/mol. The zero-order valence-corrected chi connectivity index (χ0v) is 11.9. The minimum atomic E-state index is -0.817. The van der Waals surface area contributed by atoms with E-state index in [4.69, 9.17) is 4.74 Å². The number of amides is 1. The molecule has 2 aromatic carbocycles. The van der Waals surface area contributed by atoms with Crippen LogP contribution in [0.5, 0.6) is 0 Å². The highest BCUT2D eigenvalue weighted by Crippen LogP contribution is 2.19. The van der Waals surface area contributed by atoms with Crippen LogP contribution in [0, 0.1) is 15.9 Å². The van der Waals surface area contributed by atoms with Crippen molar-refractivity contribution in [1.29, 1.82) is 0 Å².